The Morgan fingerprint density at radius 1 is 1.29 bits per heavy atom. The maximum atomic E-state index is 3.94. The summed E-state index contributed by atoms with van der Waals surface area (Å²) in [5, 5.41) is 0. The van der Waals surface area contributed by atoms with Gasteiger partial charge >= 0.3 is 0 Å². The van der Waals surface area contributed by atoms with Gasteiger partial charge in [-0.3, -0.25) is 0 Å². The highest BCUT2D eigenvalue weighted by Gasteiger charge is 1.94. The highest BCUT2D eigenvalue weighted by atomic mass is 14.0. The Morgan fingerprint density at radius 2 is 1.93 bits per heavy atom. The van der Waals surface area contributed by atoms with Gasteiger partial charge in [-0.05, 0) is 30.0 Å². The first-order valence-electron chi connectivity index (χ1n) is 4.93. The molecule has 1 aromatic carbocycles. The van der Waals surface area contributed by atoms with Gasteiger partial charge in [0.05, 0.1) is 0 Å². The summed E-state index contributed by atoms with van der Waals surface area (Å²) in [7, 11) is 0. The third-order valence-electron chi connectivity index (χ3n) is 1.81. The van der Waals surface area contributed by atoms with Crippen LogP contribution in [0.15, 0.2) is 42.5 Å². The minimum absolute atomic E-state index is 0.632. The Hall–Kier alpha value is -1.48. The first-order valence-corrected chi connectivity index (χ1v) is 4.93. The topological polar surface area (TPSA) is 0 Å². The minimum atomic E-state index is 0.632. The van der Waals surface area contributed by atoms with Crippen molar-refractivity contribution in [2.24, 2.45) is 5.92 Å². The summed E-state index contributed by atoms with van der Waals surface area (Å²) in [4.78, 5) is 0. The number of hydrogen-bond donors (Lipinski definition) is 0. The third kappa shape index (κ3) is 3.96. The van der Waals surface area contributed by atoms with Crippen LogP contribution in [0, 0.1) is 17.8 Å². The molecule has 0 saturated heterocycles. The molecule has 0 aromatic heterocycles. The van der Waals surface area contributed by atoms with E-state index >= 15 is 0 Å². The molecule has 0 atom stereocenters. The van der Waals surface area contributed by atoms with Crippen molar-refractivity contribution in [3.05, 3.63) is 48.0 Å². The zero-order valence-electron chi connectivity index (χ0n) is 8.88. The standard InChI is InChI=1S/C14H16/c1-12(2)11-13(3)9-10-14-7-5-4-6-8-14/h4-8,12H,3,11H2,1-2H3. The molecule has 0 aliphatic heterocycles. The van der Waals surface area contributed by atoms with Crippen molar-refractivity contribution in [3.63, 3.8) is 0 Å². The lowest BCUT2D eigenvalue weighted by atomic mass is 10.0. The highest BCUT2D eigenvalue weighted by molar-refractivity contribution is 5.39. The number of allylic oxidation sites excluding steroid dienone is 1. The van der Waals surface area contributed by atoms with Gasteiger partial charge < -0.3 is 0 Å². The molecular formula is C14H16. The van der Waals surface area contributed by atoms with E-state index in [1.54, 1.807) is 0 Å². The van der Waals surface area contributed by atoms with Gasteiger partial charge in [-0.1, -0.05) is 50.5 Å². The molecule has 0 aliphatic rings. The number of rotatable bonds is 2. The monoisotopic (exact) mass is 184 g/mol. The maximum absolute atomic E-state index is 3.94. The SMILES string of the molecule is C=C(C#Cc1ccccc1)CC(C)C. The predicted octanol–water partition coefficient (Wildman–Crippen LogP) is 3.64. The zero-order chi connectivity index (χ0) is 10.4. The Labute approximate surface area is 86.7 Å². The molecule has 1 rings (SSSR count). The third-order valence-corrected chi connectivity index (χ3v) is 1.81. The Kier molecular flexibility index (Phi) is 4.01. The lowest BCUT2D eigenvalue weighted by molar-refractivity contribution is 0.653. The summed E-state index contributed by atoms with van der Waals surface area (Å²) in [6.45, 7) is 8.29. The fraction of sp³-hybridized carbons (Fsp3) is 0.286. The van der Waals surface area contributed by atoms with E-state index in [9.17, 15) is 0 Å². The fourth-order valence-corrected chi connectivity index (χ4v) is 1.23. The molecule has 72 valence electrons. The van der Waals surface area contributed by atoms with Crippen LogP contribution >= 0.6 is 0 Å². The summed E-state index contributed by atoms with van der Waals surface area (Å²) in [6.07, 6.45) is 0.986. The van der Waals surface area contributed by atoms with Gasteiger partial charge in [0.1, 0.15) is 0 Å². The highest BCUT2D eigenvalue weighted by Crippen LogP contribution is 2.07. The van der Waals surface area contributed by atoms with Gasteiger partial charge in [0.2, 0.25) is 0 Å². The molecule has 0 saturated carbocycles. The molecule has 0 fully saturated rings. The second-order valence-electron chi connectivity index (χ2n) is 3.82. The second kappa shape index (κ2) is 5.29. The first-order chi connectivity index (χ1) is 6.68. The minimum Gasteiger partial charge on any atom is -0.0874 e. The van der Waals surface area contributed by atoms with Gasteiger partial charge in [0.15, 0.2) is 0 Å². The largest absolute Gasteiger partial charge is 0.0874 e. The van der Waals surface area contributed by atoms with Gasteiger partial charge in [0, 0.05) is 5.56 Å². The van der Waals surface area contributed by atoms with E-state index in [-0.39, 0.29) is 0 Å². The van der Waals surface area contributed by atoms with E-state index < -0.39 is 0 Å². The van der Waals surface area contributed by atoms with Crippen LogP contribution in [0.5, 0.6) is 0 Å². The van der Waals surface area contributed by atoms with Gasteiger partial charge in [-0.25, -0.2) is 0 Å². The molecular weight excluding hydrogens is 168 g/mol. The maximum Gasteiger partial charge on any atom is 0.0248 e. The summed E-state index contributed by atoms with van der Waals surface area (Å²) >= 11 is 0. The number of hydrogen-bond acceptors (Lipinski definition) is 0. The Morgan fingerprint density at radius 3 is 2.50 bits per heavy atom. The van der Waals surface area contributed by atoms with E-state index in [0.29, 0.717) is 5.92 Å². The van der Waals surface area contributed by atoms with Crippen molar-refractivity contribution in [2.75, 3.05) is 0 Å². The van der Waals surface area contributed by atoms with Crippen molar-refractivity contribution in [1.82, 2.24) is 0 Å². The molecule has 0 N–H and O–H groups in total. The quantitative estimate of drug-likeness (QED) is 0.615. The van der Waals surface area contributed by atoms with E-state index in [4.69, 9.17) is 0 Å². The summed E-state index contributed by atoms with van der Waals surface area (Å²) in [6, 6.07) is 10.0. The molecule has 0 unspecified atom stereocenters. The Bertz CT molecular complexity index is 347. The predicted molar refractivity (Wildman–Crippen MR) is 61.9 cm³/mol. The fourth-order valence-electron chi connectivity index (χ4n) is 1.23. The molecule has 14 heavy (non-hydrogen) atoms. The molecule has 0 heteroatoms. The van der Waals surface area contributed by atoms with Gasteiger partial charge in [0.25, 0.3) is 0 Å². The molecule has 0 heterocycles. The normalized spacial score (nSPS) is 9.36. The van der Waals surface area contributed by atoms with Crippen LogP contribution in [-0.2, 0) is 0 Å². The van der Waals surface area contributed by atoms with Crippen molar-refractivity contribution < 1.29 is 0 Å². The lowest BCUT2D eigenvalue weighted by Crippen LogP contribution is -1.87. The Balaban J connectivity index is 2.60. The lowest BCUT2D eigenvalue weighted by Gasteiger charge is -2.00. The van der Waals surface area contributed by atoms with E-state index in [0.717, 1.165) is 17.6 Å². The van der Waals surface area contributed by atoms with Crippen LogP contribution in [0.1, 0.15) is 25.8 Å². The van der Waals surface area contributed by atoms with Crippen LogP contribution in [-0.4, -0.2) is 0 Å². The molecule has 0 bridgehead atoms. The van der Waals surface area contributed by atoms with Crippen LogP contribution in [0.4, 0.5) is 0 Å². The van der Waals surface area contributed by atoms with Crippen LogP contribution < -0.4 is 0 Å². The van der Waals surface area contributed by atoms with Crippen molar-refractivity contribution in [2.45, 2.75) is 20.3 Å². The molecule has 0 nitrogen and oxygen atoms in total. The average molecular weight is 184 g/mol. The molecule has 0 aliphatic carbocycles. The van der Waals surface area contributed by atoms with Gasteiger partial charge in [-0.2, -0.15) is 0 Å². The van der Waals surface area contributed by atoms with Crippen molar-refractivity contribution in [3.8, 4) is 11.8 Å². The van der Waals surface area contributed by atoms with Crippen molar-refractivity contribution in [1.29, 1.82) is 0 Å². The summed E-state index contributed by atoms with van der Waals surface area (Å²) < 4.78 is 0. The van der Waals surface area contributed by atoms with Crippen LogP contribution in [0.3, 0.4) is 0 Å². The number of benzene rings is 1. The first kappa shape index (κ1) is 10.6. The zero-order valence-corrected chi connectivity index (χ0v) is 8.88. The van der Waals surface area contributed by atoms with Crippen LogP contribution in [0.2, 0.25) is 0 Å². The van der Waals surface area contributed by atoms with Crippen molar-refractivity contribution >= 4 is 0 Å². The second-order valence-corrected chi connectivity index (χ2v) is 3.82. The molecule has 0 radical (unpaired) electrons. The molecule has 0 spiro atoms. The smallest absolute Gasteiger partial charge is 0.0248 e. The van der Waals surface area contributed by atoms with Crippen LogP contribution in [0.25, 0.3) is 0 Å². The van der Waals surface area contributed by atoms with Gasteiger partial charge in [-0.15, -0.1) is 0 Å². The summed E-state index contributed by atoms with van der Waals surface area (Å²) in [5.41, 5.74) is 2.07. The molecule has 0 amide bonds. The van der Waals surface area contributed by atoms with E-state index in [1.807, 2.05) is 30.3 Å². The average Bonchev–Trinajstić information content (AvgIpc) is 2.15. The molecule has 1 aromatic rings. The van der Waals surface area contributed by atoms with E-state index in [1.165, 1.54) is 0 Å². The van der Waals surface area contributed by atoms with E-state index in [2.05, 4.69) is 32.3 Å². The summed E-state index contributed by atoms with van der Waals surface area (Å²) in [5.74, 6) is 6.82.